The first-order chi connectivity index (χ1) is 13.6. The Bertz CT molecular complexity index is 732. The highest BCUT2D eigenvalue weighted by Crippen LogP contribution is 2.13. The minimum atomic E-state index is -0.744. The summed E-state index contributed by atoms with van der Waals surface area (Å²) in [4.78, 5) is 24.2. The fraction of sp³-hybridized carbons (Fsp3) is 0.364. The summed E-state index contributed by atoms with van der Waals surface area (Å²) in [6, 6.07) is 15.8. The number of ether oxygens (including phenoxy) is 2. The van der Waals surface area contributed by atoms with E-state index in [1.807, 2.05) is 18.2 Å². The molecule has 0 aromatic heterocycles. The normalized spacial score (nSPS) is 11.4. The number of rotatable bonds is 10. The molecule has 0 heterocycles. The monoisotopic (exact) mass is 384 g/mol. The zero-order valence-electron chi connectivity index (χ0n) is 16.4. The van der Waals surface area contributed by atoms with Crippen molar-refractivity contribution in [3.05, 3.63) is 60.2 Å². The predicted octanol–water partition coefficient (Wildman–Crippen LogP) is 3.87. The fourth-order valence-corrected chi connectivity index (χ4v) is 2.47. The number of hydrogen-bond acceptors (Lipinski definition) is 4. The number of benzene rings is 2. The second-order valence-corrected chi connectivity index (χ2v) is 6.45. The van der Waals surface area contributed by atoms with Crippen LogP contribution in [0.4, 0.5) is 0 Å². The summed E-state index contributed by atoms with van der Waals surface area (Å²) in [5, 5.41) is 0. The van der Waals surface area contributed by atoms with E-state index >= 15 is 0 Å². The molecule has 0 fully saturated rings. The molecule has 28 heavy (non-hydrogen) atoms. The van der Waals surface area contributed by atoms with Gasteiger partial charge in [-0.3, -0.25) is 20.4 Å². The molecule has 1 unspecified atom stereocenters. The van der Waals surface area contributed by atoms with Gasteiger partial charge in [0.1, 0.15) is 11.5 Å². The van der Waals surface area contributed by atoms with Gasteiger partial charge in [-0.25, -0.2) is 0 Å². The van der Waals surface area contributed by atoms with Crippen molar-refractivity contribution in [2.75, 3.05) is 6.61 Å². The van der Waals surface area contributed by atoms with Crippen LogP contribution in [-0.2, 0) is 4.79 Å². The molecular weight excluding hydrogens is 356 g/mol. The molecule has 6 nitrogen and oxygen atoms in total. The zero-order chi connectivity index (χ0) is 20.2. The van der Waals surface area contributed by atoms with Crippen molar-refractivity contribution in [1.82, 2.24) is 10.9 Å². The van der Waals surface area contributed by atoms with Crippen molar-refractivity contribution < 1.29 is 19.1 Å². The van der Waals surface area contributed by atoms with Gasteiger partial charge < -0.3 is 9.47 Å². The molecule has 0 aliphatic carbocycles. The van der Waals surface area contributed by atoms with Gasteiger partial charge in [0.2, 0.25) is 0 Å². The van der Waals surface area contributed by atoms with Gasteiger partial charge in [-0.15, -0.1) is 0 Å². The molecule has 0 saturated carbocycles. The van der Waals surface area contributed by atoms with E-state index in [1.165, 1.54) is 12.8 Å². The van der Waals surface area contributed by atoms with Gasteiger partial charge in [0.15, 0.2) is 6.10 Å². The minimum absolute atomic E-state index is 0.408. The largest absolute Gasteiger partial charge is 0.494 e. The molecule has 0 spiro atoms. The summed E-state index contributed by atoms with van der Waals surface area (Å²) < 4.78 is 11.2. The quantitative estimate of drug-likeness (QED) is 0.481. The van der Waals surface area contributed by atoms with Crippen LogP contribution >= 0.6 is 0 Å². The van der Waals surface area contributed by atoms with Crippen molar-refractivity contribution in [2.24, 2.45) is 0 Å². The van der Waals surface area contributed by atoms with E-state index in [9.17, 15) is 9.59 Å². The average Bonchev–Trinajstić information content (AvgIpc) is 2.72. The number of nitrogens with one attached hydrogen (secondary N) is 2. The molecular formula is C22H28N2O4. The van der Waals surface area contributed by atoms with Gasteiger partial charge in [-0.2, -0.15) is 0 Å². The number of carbonyl (C=O) groups is 2. The molecule has 2 N–H and O–H groups in total. The third-order valence-corrected chi connectivity index (χ3v) is 4.11. The Labute approximate surface area is 166 Å². The lowest BCUT2D eigenvalue weighted by Crippen LogP contribution is -2.47. The van der Waals surface area contributed by atoms with Gasteiger partial charge in [0.05, 0.1) is 6.61 Å². The molecule has 0 radical (unpaired) electrons. The number of para-hydroxylation sites is 1. The maximum atomic E-state index is 12.2. The Morgan fingerprint density at radius 2 is 1.61 bits per heavy atom. The topological polar surface area (TPSA) is 76.7 Å². The van der Waals surface area contributed by atoms with Crippen LogP contribution in [0.3, 0.4) is 0 Å². The first-order valence-electron chi connectivity index (χ1n) is 9.65. The van der Waals surface area contributed by atoms with Crippen LogP contribution in [0, 0.1) is 0 Å². The Balaban J connectivity index is 1.73. The van der Waals surface area contributed by atoms with Gasteiger partial charge in [0.25, 0.3) is 11.8 Å². The average molecular weight is 384 g/mol. The maximum Gasteiger partial charge on any atom is 0.279 e. The SMILES string of the molecule is CCCCCCOc1ccc(C(=O)NNC(=O)C(C)Oc2ccccc2)cc1. The Hall–Kier alpha value is -3.02. The lowest BCUT2D eigenvalue weighted by Gasteiger charge is -2.15. The van der Waals surface area contributed by atoms with Gasteiger partial charge in [-0.1, -0.05) is 44.4 Å². The van der Waals surface area contributed by atoms with Crippen LogP contribution in [0.5, 0.6) is 11.5 Å². The Morgan fingerprint density at radius 1 is 0.893 bits per heavy atom. The molecule has 2 aromatic rings. The van der Waals surface area contributed by atoms with E-state index in [2.05, 4.69) is 17.8 Å². The first-order valence-corrected chi connectivity index (χ1v) is 9.65. The molecule has 0 aliphatic rings. The molecule has 2 amide bonds. The van der Waals surface area contributed by atoms with Crippen molar-refractivity contribution in [3.63, 3.8) is 0 Å². The summed E-state index contributed by atoms with van der Waals surface area (Å²) in [7, 11) is 0. The van der Waals surface area contributed by atoms with Crippen molar-refractivity contribution in [2.45, 2.75) is 45.6 Å². The zero-order valence-corrected chi connectivity index (χ0v) is 16.4. The highest BCUT2D eigenvalue weighted by atomic mass is 16.5. The predicted molar refractivity (Wildman–Crippen MR) is 108 cm³/mol. The molecule has 1 atom stereocenters. The third kappa shape index (κ3) is 7.31. The number of hydrazine groups is 1. The van der Waals surface area contributed by atoms with E-state index in [1.54, 1.807) is 43.3 Å². The number of carbonyl (C=O) groups excluding carboxylic acids is 2. The minimum Gasteiger partial charge on any atom is -0.494 e. The summed E-state index contributed by atoms with van der Waals surface area (Å²) in [6.45, 7) is 4.45. The van der Waals surface area contributed by atoms with Crippen molar-refractivity contribution >= 4 is 11.8 Å². The molecule has 0 saturated heterocycles. The smallest absolute Gasteiger partial charge is 0.279 e. The van der Waals surface area contributed by atoms with Crippen LogP contribution in [0.1, 0.15) is 49.9 Å². The van der Waals surface area contributed by atoms with Gasteiger partial charge >= 0.3 is 0 Å². The first kappa shape index (κ1) is 21.3. The van der Waals surface area contributed by atoms with Crippen molar-refractivity contribution in [3.8, 4) is 11.5 Å². The van der Waals surface area contributed by atoms with Crippen LogP contribution in [0.2, 0.25) is 0 Å². The van der Waals surface area contributed by atoms with Crippen LogP contribution in [0.15, 0.2) is 54.6 Å². The summed E-state index contributed by atoms with van der Waals surface area (Å²) in [6.07, 6.45) is 3.83. The second-order valence-electron chi connectivity index (χ2n) is 6.45. The van der Waals surface area contributed by atoms with Crippen LogP contribution < -0.4 is 20.3 Å². The van der Waals surface area contributed by atoms with Crippen LogP contribution in [0.25, 0.3) is 0 Å². The number of hydrogen-bond donors (Lipinski definition) is 2. The highest BCUT2D eigenvalue weighted by Gasteiger charge is 2.15. The highest BCUT2D eigenvalue weighted by molar-refractivity contribution is 5.95. The molecule has 0 bridgehead atoms. The fourth-order valence-electron chi connectivity index (χ4n) is 2.47. The van der Waals surface area contributed by atoms with E-state index in [0.29, 0.717) is 17.9 Å². The van der Waals surface area contributed by atoms with E-state index in [0.717, 1.165) is 18.6 Å². The van der Waals surface area contributed by atoms with Crippen molar-refractivity contribution in [1.29, 1.82) is 0 Å². The lowest BCUT2D eigenvalue weighted by molar-refractivity contribution is -0.128. The van der Waals surface area contributed by atoms with E-state index in [-0.39, 0.29) is 0 Å². The van der Waals surface area contributed by atoms with Gasteiger partial charge in [0, 0.05) is 5.56 Å². The number of unbranched alkanes of at least 4 members (excludes halogenated alkanes) is 3. The summed E-state index contributed by atoms with van der Waals surface area (Å²) >= 11 is 0. The lowest BCUT2D eigenvalue weighted by atomic mass is 10.2. The second kappa shape index (κ2) is 11.6. The standard InChI is InChI=1S/C22H28N2O4/c1-3-4-5-9-16-27-19-14-12-18(13-15-19)22(26)24-23-21(25)17(2)28-20-10-7-6-8-11-20/h6-8,10-15,17H,3-5,9,16H2,1-2H3,(H,23,25)(H,24,26). The van der Waals surface area contributed by atoms with E-state index < -0.39 is 17.9 Å². The Kier molecular flexibility index (Phi) is 8.85. The summed E-state index contributed by atoms with van der Waals surface area (Å²) in [5.41, 5.74) is 5.19. The summed E-state index contributed by atoms with van der Waals surface area (Å²) in [5.74, 6) is 0.461. The van der Waals surface area contributed by atoms with Crippen LogP contribution in [-0.4, -0.2) is 24.5 Å². The molecule has 2 rings (SSSR count). The third-order valence-electron chi connectivity index (χ3n) is 4.11. The van der Waals surface area contributed by atoms with E-state index in [4.69, 9.17) is 9.47 Å². The molecule has 6 heteroatoms. The Morgan fingerprint density at radius 3 is 2.29 bits per heavy atom. The number of amides is 2. The molecule has 0 aliphatic heterocycles. The van der Waals surface area contributed by atoms with Gasteiger partial charge in [-0.05, 0) is 49.7 Å². The molecule has 2 aromatic carbocycles. The molecule has 150 valence electrons. The maximum absolute atomic E-state index is 12.2.